The summed E-state index contributed by atoms with van der Waals surface area (Å²) in [5.74, 6) is 0.933. The quantitative estimate of drug-likeness (QED) is 0.850. The summed E-state index contributed by atoms with van der Waals surface area (Å²) < 4.78 is 5.41. The van der Waals surface area contributed by atoms with Crippen LogP contribution in [-0.2, 0) is 11.3 Å². The molecule has 1 unspecified atom stereocenters. The fraction of sp³-hybridized carbons (Fsp3) is 0.350. The molecule has 1 saturated carbocycles. The SMILES string of the molecule is COc1ccccc1CN(C(=O)CC(N)c1ccccc1)C1CC1. The number of hydrogen-bond acceptors (Lipinski definition) is 3. The monoisotopic (exact) mass is 324 g/mol. The maximum absolute atomic E-state index is 12.8. The Labute approximate surface area is 143 Å². The van der Waals surface area contributed by atoms with E-state index >= 15 is 0 Å². The Bertz CT molecular complexity index is 683. The highest BCUT2D eigenvalue weighted by molar-refractivity contribution is 5.78. The lowest BCUT2D eigenvalue weighted by Crippen LogP contribution is -2.34. The molecule has 126 valence electrons. The number of amides is 1. The Kier molecular flexibility index (Phi) is 5.16. The summed E-state index contributed by atoms with van der Waals surface area (Å²) in [5, 5.41) is 0. The zero-order valence-electron chi connectivity index (χ0n) is 14.0. The van der Waals surface area contributed by atoms with E-state index < -0.39 is 0 Å². The molecular formula is C20H24N2O2. The van der Waals surface area contributed by atoms with Gasteiger partial charge in [-0.1, -0.05) is 48.5 Å². The van der Waals surface area contributed by atoms with Gasteiger partial charge in [0.05, 0.1) is 7.11 Å². The molecule has 0 aliphatic heterocycles. The number of ether oxygens (including phenoxy) is 1. The van der Waals surface area contributed by atoms with Crippen LogP contribution in [0.4, 0.5) is 0 Å². The fourth-order valence-corrected chi connectivity index (χ4v) is 2.95. The summed E-state index contributed by atoms with van der Waals surface area (Å²) in [6, 6.07) is 17.7. The lowest BCUT2D eigenvalue weighted by molar-refractivity contribution is -0.132. The Morgan fingerprint density at radius 1 is 1.17 bits per heavy atom. The van der Waals surface area contributed by atoms with Crippen LogP contribution in [-0.4, -0.2) is 24.0 Å². The third-order valence-electron chi connectivity index (χ3n) is 4.46. The Morgan fingerprint density at radius 3 is 2.50 bits per heavy atom. The predicted octanol–water partition coefficient (Wildman–Crippen LogP) is 3.28. The largest absolute Gasteiger partial charge is 0.496 e. The zero-order valence-corrected chi connectivity index (χ0v) is 14.0. The molecule has 1 aliphatic rings. The van der Waals surface area contributed by atoms with Crippen molar-refractivity contribution in [1.29, 1.82) is 0 Å². The van der Waals surface area contributed by atoms with Gasteiger partial charge in [0.2, 0.25) is 5.91 Å². The van der Waals surface area contributed by atoms with Gasteiger partial charge in [-0.15, -0.1) is 0 Å². The maximum atomic E-state index is 12.8. The molecule has 1 atom stereocenters. The maximum Gasteiger partial charge on any atom is 0.225 e. The molecule has 0 saturated heterocycles. The van der Waals surface area contributed by atoms with Crippen molar-refractivity contribution in [2.75, 3.05) is 7.11 Å². The molecule has 1 aliphatic carbocycles. The van der Waals surface area contributed by atoms with Crippen molar-refractivity contribution < 1.29 is 9.53 Å². The minimum atomic E-state index is -0.266. The van der Waals surface area contributed by atoms with Gasteiger partial charge >= 0.3 is 0 Å². The summed E-state index contributed by atoms with van der Waals surface area (Å²) >= 11 is 0. The molecule has 3 rings (SSSR count). The molecule has 0 heterocycles. The second-order valence-corrected chi connectivity index (χ2v) is 6.29. The molecule has 0 aromatic heterocycles. The summed E-state index contributed by atoms with van der Waals surface area (Å²) in [6.07, 6.45) is 2.47. The minimum absolute atomic E-state index is 0.111. The minimum Gasteiger partial charge on any atom is -0.496 e. The van der Waals surface area contributed by atoms with Crippen LogP contribution in [0.2, 0.25) is 0 Å². The number of benzene rings is 2. The van der Waals surface area contributed by atoms with Gasteiger partial charge in [0.1, 0.15) is 5.75 Å². The average molecular weight is 324 g/mol. The Balaban J connectivity index is 1.70. The highest BCUT2D eigenvalue weighted by atomic mass is 16.5. The first-order valence-corrected chi connectivity index (χ1v) is 8.41. The van der Waals surface area contributed by atoms with Crippen LogP contribution in [0.15, 0.2) is 54.6 Å². The molecule has 2 aromatic carbocycles. The van der Waals surface area contributed by atoms with E-state index in [-0.39, 0.29) is 11.9 Å². The first-order chi connectivity index (χ1) is 11.7. The van der Waals surface area contributed by atoms with Crippen LogP contribution >= 0.6 is 0 Å². The van der Waals surface area contributed by atoms with E-state index in [0.29, 0.717) is 19.0 Å². The number of methoxy groups -OCH3 is 1. The van der Waals surface area contributed by atoms with Crippen LogP contribution < -0.4 is 10.5 Å². The Morgan fingerprint density at radius 2 is 1.83 bits per heavy atom. The van der Waals surface area contributed by atoms with E-state index in [9.17, 15) is 4.79 Å². The van der Waals surface area contributed by atoms with E-state index in [1.54, 1.807) is 7.11 Å². The van der Waals surface area contributed by atoms with Crippen molar-refractivity contribution in [3.05, 3.63) is 65.7 Å². The number of nitrogens with two attached hydrogens (primary N) is 1. The highest BCUT2D eigenvalue weighted by Gasteiger charge is 2.33. The van der Waals surface area contributed by atoms with E-state index in [4.69, 9.17) is 10.5 Å². The van der Waals surface area contributed by atoms with E-state index in [1.807, 2.05) is 59.5 Å². The third kappa shape index (κ3) is 3.95. The van der Waals surface area contributed by atoms with Crippen molar-refractivity contribution in [3.63, 3.8) is 0 Å². The smallest absolute Gasteiger partial charge is 0.225 e. The van der Waals surface area contributed by atoms with Crippen LogP contribution in [0.3, 0.4) is 0 Å². The molecule has 24 heavy (non-hydrogen) atoms. The number of hydrogen-bond donors (Lipinski definition) is 1. The highest BCUT2D eigenvalue weighted by Crippen LogP contribution is 2.31. The lowest BCUT2D eigenvalue weighted by Gasteiger charge is -2.25. The number of carbonyl (C=O) groups is 1. The first kappa shape index (κ1) is 16.5. The van der Waals surface area contributed by atoms with Crippen molar-refractivity contribution in [2.24, 2.45) is 5.73 Å². The third-order valence-corrected chi connectivity index (χ3v) is 4.46. The fourth-order valence-electron chi connectivity index (χ4n) is 2.95. The molecule has 0 radical (unpaired) electrons. The van der Waals surface area contributed by atoms with Gasteiger partial charge in [0.25, 0.3) is 0 Å². The molecule has 2 aromatic rings. The normalized spacial score (nSPS) is 14.9. The van der Waals surface area contributed by atoms with Gasteiger partial charge in [0.15, 0.2) is 0 Å². The lowest BCUT2D eigenvalue weighted by atomic mass is 10.0. The van der Waals surface area contributed by atoms with E-state index in [1.165, 1.54) is 0 Å². The van der Waals surface area contributed by atoms with Crippen molar-refractivity contribution >= 4 is 5.91 Å². The summed E-state index contributed by atoms with van der Waals surface area (Å²) in [4.78, 5) is 14.8. The van der Waals surface area contributed by atoms with Gasteiger partial charge in [-0.3, -0.25) is 4.79 Å². The second-order valence-electron chi connectivity index (χ2n) is 6.29. The Hall–Kier alpha value is -2.33. The molecular weight excluding hydrogens is 300 g/mol. The number of nitrogens with zero attached hydrogens (tertiary/aromatic N) is 1. The number of para-hydroxylation sites is 1. The number of carbonyl (C=O) groups excluding carboxylic acids is 1. The predicted molar refractivity (Wildman–Crippen MR) is 94.6 cm³/mol. The molecule has 1 amide bonds. The van der Waals surface area contributed by atoms with Gasteiger partial charge in [-0.2, -0.15) is 0 Å². The zero-order chi connectivity index (χ0) is 16.9. The first-order valence-electron chi connectivity index (χ1n) is 8.41. The van der Waals surface area contributed by atoms with Crippen LogP contribution in [0, 0.1) is 0 Å². The standard InChI is InChI=1S/C20H24N2O2/c1-24-19-10-6-5-9-16(19)14-22(17-11-12-17)20(23)13-18(21)15-7-3-2-4-8-15/h2-10,17-18H,11-14,21H2,1H3. The second kappa shape index (κ2) is 7.49. The average Bonchev–Trinajstić information content (AvgIpc) is 3.45. The van der Waals surface area contributed by atoms with Gasteiger partial charge in [-0.05, 0) is 24.5 Å². The van der Waals surface area contributed by atoms with Gasteiger partial charge in [0, 0.05) is 30.6 Å². The molecule has 4 heteroatoms. The van der Waals surface area contributed by atoms with Gasteiger partial charge in [-0.25, -0.2) is 0 Å². The topological polar surface area (TPSA) is 55.6 Å². The van der Waals surface area contributed by atoms with E-state index in [0.717, 1.165) is 29.7 Å². The summed E-state index contributed by atoms with van der Waals surface area (Å²) in [5.41, 5.74) is 8.27. The molecule has 0 bridgehead atoms. The number of rotatable bonds is 7. The summed E-state index contributed by atoms with van der Waals surface area (Å²) in [7, 11) is 1.66. The molecule has 1 fully saturated rings. The molecule has 0 spiro atoms. The van der Waals surface area contributed by atoms with Gasteiger partial charge < -0.3 is 15.4 Å². The van der Waals surface area contributed by atoms with E-state index in [2.05, 4.69) is 0 Å². The molecule has 2 N–H and O–H groups in total. The van der Waals surface area contributed by atoms with Crippen LogP contribution in [0.5, 0.6) is 5.75 Å². The summed E-state index contributed by atoms with van der Waals surface area (Å²) in [6.45, 7) is 0.578. The van der Waals surface area contributed by atoms with Crippen molar-refractivity contribution in [3.8, 4) is 5.75 Å². The van der Waals surface area contributed by atoms with Crippen molar-refractivity contribution in [1.82, 2.24) is 4.90 Å². The van der Waals surface area contributed by atoms with Crippen molar-refractivity contribution in [2.45, 2.75) is 37.9 Å². The van der Waals surface area contributed by atoms with Crippen LogP contribution in [0.1, 0.15) is 36.4 Å². The molecule has 4 nitrogen and oxygen atoms in total. The van der Waals surface area contributed by atoms with Crippen LogP contribution in [0.25, 0.3) is 0 Å².